The zero-order chi connectivity index (χ0) is 37.2. The number of rotatable bonds is 12. The topological polar surface area (TPSA) is 59.5 Å². The van der Waals surface area contributed by atoms with Crippen LogP contribution in [0.1, 0.15) is 35.1 Å². The van der Waals surface area contributed by atoms with Gasteiger partial charge in [-0.15, -0.1) is 0 Å². The maximum absolute atomic E-state index is 12.9. The smallest absolute Gasteiger partial charge is 0.314 e. The molecule has 4 heterocycles. The fourth-order valence-electron chi connectivity index (χ4n) is 9.92. The summed E-state index contributed by atoms with van der Waals surface area (Å²) in [5.74, 6) is 0.985. The molecule has 4 aromatic rings. The molecule has 0 aromatic heterocycles. The van der Waals surface area contributed by atoms with Crippen LogP contribution < -0.4 is 0 Å². The van der Waals surface area contributed by atoms with Gasteiger partial charge in [0, 0.05) is 70.9 Å². The van der Waals surface area contributed by atoms with Crippen LogP contribution in [-0.2, 0) is 35.5 Å². The van der Waals surface area contributed by atoms with Crippen molar-refractivity contribution in [2.45, 2.75) is 38.8 Å². The van der Waals surface area contributed by atoms with Crippen LogP contribution in [0.25, 0.3) is 0 Å². The highest BCUT2D eigenvalue weighted by Crippen LogP contribution is 2.44. The van der Waals surface area contributed by atoms with E-state index in [4.69, 9.17) is 4.74 Å². The molecule has 4 aromatic carbocycles. The van der Waals surface area contributed by atoms with Gasteiger partial charge < -0.3 is 19.6 Å². The van der Waals surface area contributed by atoms with Gasteiger partial charge in [-0.25, -0.2) is 0 Å². The molecule has 0 amide bonds. The minimum atomic E-state index is -0.390. The standard InChI is InChI=1S/C24H30N2O2.C23H30N2O/c1-28-23(27)24-18-25(14-12-20-8-4-2-5-9-20)15-13-22(24)17-26(19-24)16-21-10-6-3-7-11-21;26-19-23-17-24(13-11-20-7-3-1-4-8-20)14-12-22(23)16-25(18-23)15-21-9-5-2-6-10-21/h2-11,22H,12-19H2,1H3;1-10,22,26H,11-19H2. The Kier molecular flexibility index (Phi) is 12.9. The first-order valence-corrected chi connectivity index (χ1v) is 20.2. The quantitative estimate of drug-likeness (QED) is 0.173. The van der Waals surface area contributed by atoms with Crippen molar-refractivity contribution in [1.82, 2.24) is 19.6 Å². The van der Waals surface area contributed by atoms with Crippen molar-refractivity contribution in [3.63, 3.8) is 0 Å². The Hall–Kier alpha value is -3.85. The van der Waals surface area contributed by atoms with E-state index in [1.165, 1.54) is 42.3 Å². The maximum Gasteiger partial charge on any atom is 0.314 e. The molecule has 286 valence electrons. The minimum Gasteiger partial charge on any atom is -0.469 e. The van der Waals surface area contributed by atoms with Crippen LogP contribution in [0.5, 0.6) is 0 Å². The molecule has 4 aliphatic rings. The highest BCUT2D eigenvalue weighted by Gasteiger charge is 2.55. The van der Waals surface area contributed by atoms with Gasteiger partial charge in [0.05, 0.1) is 19.1 Å². The van der Waals surface area contributed by atoms with Gasteiger partial charge in [-0.2, -0.15) is 0 Å². The van der Waals surface area contributed by atoms with Crippen LogP contribution in [0.15, 0.2) is 121 Å². The minimum absolute atomic E-state index is 0.0301. The van der Waals surface area contributed by atoms with Crippen LogP contribution in [0.4, 0.5) is 0 Å². The molecule has 8 rings (SSSR count). The summed E-state index contributed by atoms with van der Waals surface area (Å²) >= 11 is 0. The molecule has 1 N–H and O–H groups in total. The van der Waals surface area contributed by atoms with Gasteiger partial charge in [0.2, 0.25) is 0 Å². The summed E-state index contributed by atoms with van der Waals surface area (Å²) in [6, 6.07) is 42.6. The summed E-state index contributed by atoms with van der Waals surface area (Å²) in [5, 5.41) is 10.3. The number of piperidine rings is 2. The molecular formula is C47H60N4O3. The third-order valence-electron chi connectivity index (χ3n) is 12.8. The lowest BCUT2D eigenvalue weighted by molar-refractivity contribution is -0.158. The van der Waals surface area contributed by atoms with Crippen molar-refractivity contribution in [3.05, 3.63) is 144 Å². The SMILES string of the molecule is COC(=O)C12CN(CCc3ccccc3)CCC1CN(Cc1ccccc1)C2.OCC12CN(CCc3ccccc3)CCC1CN(Cc1ccccc1)C2. The van der Waals surface area contributed by atoms with E-state index in [-0.39, 0.29) is 11.4 Å². The van der Waals surface area contributed by atoms with Crippen molar-refractivity contribution in [2.75, 3.05) is 79.2 Å². The van der Waals surface area contributed by atoms with Crippen LogP contribution >= 0.6 is 0 Å². The van der Waals surface area contributed by atoms with Crippen LogP contribution in [0.3, 0.4) is 0 Å². The number of carbonyl (C=O) groups excluding carboxylic acids is 1. The molecule has 0 saturated carbocycles. The monoisotopic (exact) mass is 728 g/mol. The van der Waals surface area contributed by atoms with Crippen molar-refractivity contribution >= 4 is 5.97 Å². The normalized spacial score (nSPS) is 26.0. The maximum atomic E-state index is 12.9. The average Bonchev–Trinajstić information content (AvgIpc) is 3.78. The Morgan fingerprint density at radius 2 is 1.00 bits per heavy atom. The second-order valence-electron chi connectivity index (χ2n) is 16.5. The molecule has 4 unspecified atom stereocenters. The van der Waals surface area contributed by atoms with Gasteiger partial charge in [-0.1, -0.05) is 121 Å². The number of fused-ring (bicyclic) bond motifs is 2. The van der Waals surface area contributed by atoms with E-state index in [9.17, 15) is 9.90 Å². The Balaban J connectivity index is 0.000000167. The molecule has 7 nitrogen and oxygen atoms in total. The number of esters is 1. The molecule has 0 radical (unpaired) electrons. The number of benzene rings is 4. The molecule has 4 saturated heterocycles. The second-order valence-corrected chi connectivity index (χ2v) is 16.5. The molecule has 54 heavy (non-hydrogen) atoms. The number of hydrogen-bond acceptors (Lipinski definition) is 7. The number of aliphatic hydroxyl groups excluding tert-OH is 1. The molecule has 4 atom stereocenters. The van der Waals surface area contributed by atoms with Gasteiger partial charge in [-0.05, 0) is 72.9 Å². The molecule has 0 spiro atoms. The summed E-state index contributed by atoms with van der Waals surface area (Å²) in [7, 11) is 1.54. The number of hydrogen-bond donors (Lipinski definition) is 1. The summed E-state index contributed by atoms with van der Waals surface area (Å²) in [4.78, 5) is 22.9. The Labute approximate surface area is 323 Å². The van der Waals surface area contributed by atoms with E-state index in [1.807, 2.05) is 6.07 Å². The van der Waals surface area contributed by atoms with Crippen LogP contribution in [0.2, 0.25) is 0 Å². The lowest BCUT2D eigenvalue weighted by Crippen LogP contribution is -2.54. The first-order chi connectivity index (χ1) is 26.5. The van der Waals surface area contributed by atoms with E-state index in [1.54, 1.807) is 0 Å². The highest BCUT2D eigenvalue weighted by molar-refractivity contribution is 5.78. The van der Waals surface area contributed by atoms with Crippen molar-refractivity contribution in [2.24, 2.45) is 22.7 Å². The van der Waals surface area contributed by atoms with Crippen LogP contribution in [0, 0.1) is 22.7 Å². The Bertz CT molecular complexity index is 1730. The molecular weight excluding hydrogens is 669 g/mol. The molecule has 4 aliphatic heterocycles. The molecule has 0 aliphatic carbocycles. The van der Waals surface area contributed by atoms with E-state index < -0.39 is 5.41 Å². The van der Waals surface area contributed by atoms with Crippen LogP contribution in [-0.4, -0.2) is 110 Å². The Morgan fingerprint density at radius 3 is 1.50 bits per heavy atom. The number of methoxy groups -OCH3 is 1. The summed E-state index contributed by atoms with van der Waals surface area (Å²) in [6.07, 6.45) is 4.40. The lowest BCUT2D eigenvalue weighted by atomic mass is 9.73. The fraction of sp³-hybridized carbons (Fsp3) is 0.468. The largest absolute Gasteiger partial charge is 0.469 e. The summed E-state index contributed by atoms with van der Waals surface area (Å²) < 4.78 is 5.31. The van der Waals surface area contributed by atoms with E-state index in [0.717, 1.165) is 91.3 Å². The zero-order valence-corrected chi connectivity index (χ0v) is 32.3. The van der Waals surface area contributed by atoms with E-state index in [2.05, 4.69) is 135 Å². The molecule has 7 heteroatoms. The van der Waals surface area contributed by atoms with Crippen molar-refractivity contribution < 1.29 is 14.6 Å². The summed E-state index contributed by atoms with van der Waals surface area (Å²) in [5.41, 5.74) is 5.11. The fourth-order valence-corrected chi connectivity index (χ4v) is 9.92. The number of likely N-dealkylation sites (tertiary alicyclic amines) is 4. The van der Waals surface area contributed by atoms with Crippen molar-refractivity contribution in [3.8, 4) is 0 Å². The highest BCUT2D eigenvalue weighted by atomic mass is 16.5. The Morgan fingerprint density at radius 1 is 0.593 bits per heavy atom. The number of carbonyl (C=O) groups is 1. The number of ether oxygens (including phenoxy) is 1. The van der Waals surface area contributed by atoms with E-state index >= 15 is 0 Å². The third-order valence-corrected chi connectivity index (χ3v) is 12.8. The first kappa shape index (κ1) is 38.4. The van der Waals surface area contributed by atoms with E-state index in [0.29, 0.717) is 18.4 Å². The van der Waals surface area contributed by atoms with Gasteiger partial charge >= 0.3 is 5.97 Å². The summed E-state index contributed by atoms with van der Waals surface area (Å²) in [6.45, 7) is 12.3. The number of aliphatic hydroxyl groups is 1. The van der Waals surface area contributed by atoms with Gasteiger partial charge in [0.15, 0.2) is 0 Å². The zero-order valence-electron chi connectivity index (χ0n) is 32.3. The number of nitrogens with zero attached hydrogens (tertiary/aromatic N) is 4. The lowest BCUT2D eigenvalue weighted by Gasteiger charge is -2.43. The first-order valence-electron chi connectivity index (χ1n) is 20.2. The predicted octanol–water partition coefficient (Wildman–Crippen LogP) is 6.27. The predicted molar refractivity (Wildman–Crippen MR) is 217 cm³/mol. The van der Waals surface area contributed by atoms with Gasteiger partial charge in [0.25, 0.3) is 0 Å². The van der Waals surface area contributed by atoms with Gasteiger partial charge in [-0.3, -0.25) is 14.6 Å². The average molecular weight is 729 g/mol. The molecule has 0 bridgehead atoms. The third kappa shape index (κ3) is 9.32. The van der Waals surface area contributed by atoms with Gasteiger partial charge in [0.1, 0.15) is 0 Å². The second kappa shape index (κ2) is 18.2. The molecule has 4 fully saturated rings. The van der Waals surface area contributed by atoms with Crippen molar-refractivity contribution in [1.29, 1.82) is 0 Å².